The molecule has 29 heavy (non-hydrogen) atoms. The Morgan fingerprint density at radius 2 is 1.86 bits per heavy atom. The molecular weight excluding hydrogens is 406 g/mol. The van der Waals surface area contributed by atoms with Crippen LogP contribution in [0.15, 0.2) is 58.6 Å². The minimum atomic E-state index is -3.47. The highest BCUT2D eigenvalue weighted by molar-refractivity contribution is 8.00. The molecule has 1 fully saturated rings. The molecular formula is C21H27N3O3S2. The van der Waals surface area contributed by atoms with Crippen LogP contribution in [0.1, 0.15) is 32.3 Å². The summed E-state index contributed by atoms with van der Waals surface area (Å²) >= 11 is 1.35. The molecule has 0 N–H and O–H groups in total. The van der Waals surface area contributed by atoms with Gasteiger partial charge in [-0.25, -0.2) is 13.4 Å². The average molecular weight is 434 g/mol. The number of carbonyl (C=O) groups excluding carboxylic acids is 1. The fourth-order valence-corrected chi connectivity index (χ4v) is 5.64. The lowest BCUT2D eigenvalue weighted by atomic mass is 10.2. The second kappa shape index (κ2) is 9.73. The largest absolute Gasteiger partial charge is 0.338 e. The van der Waals surface area contributed by atoms with Gasteiger partial charge in [0.1, 0.15) is 4.90 Å². The summed E-state index contributed by atoms with van der Waals surface area (Å²) in [5, 5.41) is 0.328. The third-order valence-electron chi connectivity index (χ3n) is 4.97. The molecule has 0 aliphatic carbocycles. The van der Waals surface area contributed by atoms with Gasteiger partial charge >= 0.3 is 0 Å². The van der Waals surface area contributed by atoms with Crippen LogP contribution in [0.5, 0.6) is 0 Å². The number of sulfonamides is 1. The van der Waals surface area contributed by atoms with Gasteiger partial charge in [0, 0.05) is 32.4 Å². The van der Waals surface area contributed by atoms with E-state index in [1.807, 2.05) is 49.1 Å². The molecule has 156 valence electrons. The zero-order valence-electron chi connectivity index (χ0n) is 16.8. The summed E-state index contributed by atoms with van der Waals surface area (Å²) < 4.78 is 26.7. The molecule has 1 amide bonds. The number of nitrogens with zero attached hydrogens (tertiary/aromatic N) is 3. The normalized spacial score (nSPS) is 15.9. The zero-order chi connectivity index (χ0) is 20.9. The molecule has 3 rings (SSSR count). The second-order valence-electron chi connectivity index (χ2n) is 7.04. The van der Waals surface area contributed by atoms with E-state index in [0.717, 1.165) is 18.4 Å². The van der Waals surface area contributed by atoms with E-state index in [-0.39, 0.29) is 16.1 Å². The van der Waals surface area contributed by atoms with Crippen molar-refractivity contribution in [2.45, 2.75) is 48.4 Å². The molecule has 0 radical (unpaired) electrons. The van der Waals surface area contributed by atoms with Crippen molar-refractivity contribution in [1.82, 2.24) is 14.2 Å². The van der Waals surface area contributed by atoms with Crippen molar-refractivity contribution in [2.75, 3.05) is 19.6 Å². The quantitative estimate of drug-likeness (QED) is 0.597. The maximum atomic E-state index is 12.9. The Hall–Kier alpha value is -1.90. The van der Waals surface area contributed by atoms with Crippen LogP contribution in [0, 0.1) is 0 Å². The van der Waals surface area contributed by atoms with Crippen LogP contribution in [0.25, 0.3) is 0 Å². The van der Waals surface area contributed by atoms with Gasteiger partial charge in [0.2, 0.25) is 15.9 Å². The summed E-state index contributed by atoms with van der Waals surface area (Å²) in [7, 11) is -3.47. The van der Waals surface area contributed by atoms with Crippen molar-refractivity contribution in [3.63, 3.8) is 0 Å². The van der Waals surface area contributed by atoms with Gasteiger partial charge in [-0.15, -0.1) is 0 Å². The highest BCUT2D eigenvalue weighted by atomic mass is 32.2. The van der Waals surface area contributed by atoms with Gasteiger partial charge in [-0.3, -0.25) is 4.79 Å². The monoisotopic (exact) mass is 433 g/mol. The maximum absolute atomic E-state index is 12.9. The lowest BCUT2D eigenvalue weighted by Crippen LogP contribution is -2.36. The smallest absolute Gasteiger partial charge is 0.244 e. The van der Waals surface area contributed by atoms with E-state index in [1.165, 1.54) is 22.3 Å². The first-order valence-corrected chi connectivity index (χ1v) is 12.2. The number of pyridine rings is 1. The van der Waals surface area contributed by atoms with E-state index < -0.39 is 10.0 Å². The molecule has 1 unspecified atom stereocenters. The fourth-order valence-electron chi connectivity index (χ4n) is 3.30. The Morgan fingerprint density at radius 3 is 2.45 bits per heavy atom. The summed E-state index contributed by atoms with van der Waals surface area (Å²) in [6.45, 7) is 6.16. The maximum Gasteiger partial charge on any atom is 0.244 e. The number of hydrogen-bond donors (Lipinski definition) is 0. The van der Waals surface area contributed by atoms with Crippen LogP contribution in [-0.2, 0) is 21.4 Å². The number of hydrogen-bond acceptors (Lipinski definition) is 5. The predicted octanol–water partition coefficient (Wildman–Crippen LogP) is 3.40. The first kappa shape index (κ1) is 21.8. The van der Waals surface area contributed by atoms with Crippen molar-refractivity contribution in [3.8, 4) is 0 Å². The molecule has 2 heterocycles. The van der Waals surface area contributed by atoms with Crippen LogP contribution in [-0.4, -0.2) is 53.4 Å². The van der Waals surface area contributed by atoms with E-state index in [0.29, 0.717) is 31.2 Å². The Kier molecular flexibility index (Phi) is 7.32. The SMILES string of the molecule is CCN(Cc1ccccc1)C(=O)C(C)Sc1ccc(S(=O)(=O)N2CCCC2)cn1. The van der Waals surface area contributed by atoms with Gasteiger partial charge in [0.25, 0.3) is 0 Å². The van der Waals surface area contributed by atoms with Gasteiger partial charge in [0.05, 0.1) is 10.3 Å². The summed E-state index contributed by atoms with van der Waals surface area (Å²) in [5.41, 5.74) is 1.09. The summed E-state index contributed by atoms with van der Waals surface area (Å²) in [6.07, 6.45) is 3.20. The van der Waals surface area contributed by atoms with Crippen LogP contribution < -0.4 is 0 Å². The van der Waals surface area contributed by atoms with E-state index in [2.05, 4.69) is 4.98 Å². The van der Waals surface area contributed by atoms with E-state index in [9.17, 15) is 13.2 Å². The number of amides is 1. The molecule has 2 aromatic rings. The molecule has 0 spiro atoms. The second-order valence-corrected chi connectivity index (χ2v) is 10.3. The average Bonchev–Trinajstić information content (AvgIpc) is 3.28. The van der Waals surface area contributed by atoms with Crippen LogP contribution in [0.2, 0.25) is 0 Å². The molecule has 1 aliphatic rings. The van der Waals surface area contributed by atoms with Crippen molar-refractivity contribution in [3.05, 3.63) is 54.2 Å². The summed E-state index contributed by atoms with van der Waals surface area (Å²) in [5.74, 6) is 0.0388. The first-order chi connectivity index (χ1) is 13.9. The van der Waals surface area contributed by atoms with Gasteiger partial charge in [0.15, 0.2) is 0 Å². The fraction of sp³-hybridized carbons (Fsp3) is 0.429. The van der Waals surface area contributed by atoms with E-state index in [4.69, 9.17) is 0 Å². The van der Waals surface area contributed by atoms with Gasteiger partial charge in [-0.05, 0) is 44.4 Å². The molecule has 0 bridgehead atoms. The molecule has 8 heteroatoms. The van der Waals surface area contributed by atoms with E-state index in [1.54, 1.807) is 12.1 Å². The Morgan fingerprint density at radius 1 is 1.17 bits per heavy atom. The number of carbonyl (C=O) groups is 1. The molecule has 1 saturated heterocycles. The van der Waals surface area contributed by atoms with Gasteiger partial charge < -0.3 is 4.90 Å². The van der Waals surface area contributed by atoms with Crippen molar-refractivity contribution in [1.29, 1.82) is 0 Å². The topological polar surface area (TPSA) is 70.6 Å². The third-order valence-corrected chi connectivity index (χ3v) is 7.89. The highest BCUT2D eigenvalue weighted by Crippen LogP contribution is 2.26. The summed E-state index contributed by atoms with van der Waals surface area (Å²) in [6, 6.07) is 13.2. The third kappa shape index (κ3) is 5.38. The molecule has 1 aromatic carbocycles. The lowest BCUT2D eigenvalue weighted by Gasteiger charge is -2.24. The van der Waals surface area contributed by atoms with Gasteiger partial charge in [-0.1, -0.05) is 42.1 Å². The lowest BCUT2D eigenvalue weighted by molar-refractivity contribution is -0.130. The molecule has 1 aromatic heterocycles. The number of thioether (sulfide) groups is 1. The highest BCUT2D eigenvalue weighted by Gasteiger charge is 2.27. The van der Waals surface area contributed by atoms with Crippen molar-refractivity contribution < 1.29 is 13.2 Å². The molecule has 0 saturated carbocycles. The van der Waals surface area contributed by atoms with Crippen molar-refractivity contribution in [2.24, 2.45) is 0 Å². The number of rotatable bonds is 8. The minimum Gasteiger partial charge on any atom is -0.338 e. The standard InChI is InChI=1S/C21H27N3O3S2/c1-3-23(16-18-9-5-4-6-10-18)21(25)17(2)28-20-12-11-19(15-22-20)29(26,27)24-13-7-8-14-24/h4-6,9-12,15,17H,3,7-8,13-14,16H2,1-2H3. The predicted molar refractivity (Wildman–Crippen MR) is 115 cm³/mol. The van der Waals surface area contributed by atoms with Crippen LogP contribution >= 0.6 is 11.8 Å². The molecule has 6 nitrogen and oxygen atoms in total. The number of aromatic nitrogens is 1. The van der Waals surface area contributed by atoms with Crippen LogP contribution in [0.3, 0.4) is 0 Å². The molecule has 1 aliphatic heterocycles. The Balaban J connectivity index is 1.63. The number of benzene rings is 1. The van der Waals surface area contributed by atoms with E-state index >= 15 is 0 Å². The van der Waals surface area contributed by atoms with Crippen LogP contribution in [0.4, 0.5) is 0 Å². The van der Waals surface area contributed by atoms with Gasteiger partial charge in [-0.2, -0.15) is 4.31 Å². The Bertz CT molecular complexity index is 912. The zero-order valence-corrected chi connectivity index (χ0v) is 18.5. The minimum absolute atomic E-state index is 0.0388. The first-order valence-electron chi connectivity index (χ1n) is 9.87. The molecule has 1 atom stereocenters. The summed E-state index contributed by atoms with van der Waals surface area (Å²) in [4.78, 5) is 19.2. The van der Waals surface area contributed by atoms with Crippen molar-refractivity contribution >= 4 is 27.7 Å². The Labute approximate surface area is 177 Å².